The number of ether oxygens (including phenoxy) is 1. The van der Waals surface area contributed by atoms with E-state index in [0.29, 0.717) is 12.5 Å². The number of nitrogens with zero attached hydrogens (tertiary/aromatic N) is 5. The third kappa shape index (κ3) is 4.20. The number of carbonyl (C=O) groups is 1. The van der Waals surface area contributed by atoms with Gasteiger partial charge in [-0.05, 0) is 64.9 Å². The molecule has 2 atom stereocenters. The van der Waals surface area contributed by atoms with Crippen LogP contribution in [0.15, 0.2) is 24.3 Å². The summed E-state index contributed by atoms with van der Waals surface area (Å²) in [5.41, 5.74) is 1.85. The molecule has 2 aliphatic rings. The summed E-state index contributed by atoms with van der Waals surface area (Å²) in [6.07, 6.45) is 4.85. The van der Waals surface area contributed by atoms with E-state index in [0.717, 1.165) is 63.0 Å². The van der Waals surface area contributed by atoms with Crippen LogP contribution >= 0.6 is 0 Å². The van der Waals surface area contributed by atoms with Crippen LogP contribution in [0.5, 0.6) is 0 Å². The molecule has 28 heavy (non-hydrogen) atoms. The number of benzene rings is 1. The van der Waals surface area contributed by atoms with Crippen molar-refractivity contribution in [2.45, 2.75) is 57.2 Å². The fourth-order valence-electron chi connectivity index (χ4n) is 4.44. The standard InChI is InChI=1S/C21H31N5O2/c1-16(26-20-8-4-3-7-19(20)22-23-26)14-21(27)25(15-18-6-5-13-28-18)17-9-11-24(2)12-10-17/h3-4,7-8,16-18H,5-6,9-15H2,1-2H3. The SMILES string of the molecule is CC(CC(=O)N(CC1CCCO1)C1CCN(C)CC1)n1nnc2ccccc21. The maximum Gasteiger partial charge on any atom is 0.225 e. The molecule has 3 heterocycles. The predicted octanol–water partition coefficient (Wildman–Crippen LogP) is 2.48. The summed E-state index contributed by atoms with van der Waals surface area (Å²) >= 11 is 0. The molecule has 4 rings (SSSR count). The van der Waals surface area contributed by atoms with E-state index >= 15 is 0 Å². The lowest BCUT2D eigenvalue weighted by Gasteiger charge is -2.38. The van der Waals surface area contributed by atoms with Gasteiger partial charge < -0.3 is 14.5 Å². The van der Waals surface area contributed by atoms with Crippen molar-refractivity contribution in [2.75, 3.05) is 33.3 Å². The quantitative estimate of drug-likeness (QED) is 0.764. The molecular formula is C21H31N5O2. The molecule has 0 radical (unpaired) electrons. The van der Waals surface area contributed by atoms with Crippen molar-refractivity contribution >= 4 is 16.9 Å². The van der Waals surface area contributed by atoms with Crippen molar-refractivity contribution < 1.29 is 9.53 Å². The first kappa shape index (κ1) is 19.3. The van der Waals surface area contributed by atoms with Gasteiger partial charge in [0.05, 0.1) is 17.7 Å². The zero-order valence-corrected chi connectivity index (χ0v) is 17.0. The molecule has 2 unspecified atom stereocenters. The maximum absolute atomic E-state index is 13.3. The third-order valence-electron chi connectivity index (χ3n) is 6.14. The van der Waals surface area contributed by atoms with Crippen LogP contribution in [0.1, 0.15) is 45.1 Å². The highest BCUT2D eigenvalue weighted by molar-refractivity contribution is 5.78. The minimum Gasteiger partial charge on any atom is -0.376 e. The van der Waals surface area contributed by atoms with Crippen LogP contribution in [0.25, 0.3) is 11.0 Å². The second-order valence-electron chi connectivity index (χ2n) is 8.29. The Balaban J connectivity index is 1.47. The van der Waals surface area contributed by atoms with Crippen molar-refractivity contribution in [1.29, 1.82) is 0 Å². The van der Waals surface area contributed by atoms with Crippen LogP contribution in [0.2, 0.25) is 0 Å². The van der Waals surface area contributed by atoms with Gasteiger partial charge in [-0.3, -0.25) is 4.79 Å². The lowest BCUT2D eigenvalue weighted by Crippen LogP contribution is -2.49. The summed E-state index contributed by atoms with van der Waals surface area (Å²) in [5.74, 6) is 0.206. The van der Waals surface area contributed by atoms with Crippen molar-refractivity contribution in [1.82, 2.24) is 24.8 Å². The van der Waals surface area contributed by atoms with Gasteiger partial charge in [0.1, 0.15) is 5.52 Å². The molecule has 0 spiro atoms. The Labute approximate surface area is 166 Å². The Kier molecular flexibility index (Phi) is 5.92. The van der Waals surface area contributed by atoms with Crippen LogP contribution in [0.3, 0.4) is 0 Å². The second-order valence-corrected chi connectivity index (χ2v) is 8.29. The van der Waals surface area contributed by atoms with E-state index in [-0.39, 0.29) is 18.1 Å². The number of piperidine rings is 1. The van der Waals surface area contributed by atoms with Gasteiger partial charge in [0.2, 0.25) is 5.91 Å². The zero-order valence-electron chi connectivity index (χ0n) is 17.0. The van der Waals surface area contributed by atoms with E-state index in [9.17, 15) is 4.79 Å². The number of amides is 1. The Morgan fingerprint density at radius 1 is 1.29 bits per heavy atom. The van der Waals surface area contributed by atoms with Gasteiger partial charge in [0, 0.05) is 25.6 Å². The molecule has 0 saturated carbocycles. The van der Waals surface area contributed by atoms with E-state index in [4.69, 9.17) is 4.74 Å². The Hall–Kier alpha value is -1.99. The van der Waals surface area contributed by atoms with Gasteiger partial charge in [-0.25, -0.2) is 4.68 Å². The first-order chi connectivity index (χ1) is 13.6. The van der Waals surface area contributed by atoms with Gasteiger partial charge in [0.15, 0.2) is 0 Å². The van der Waals surface area contributed by atoms with Crippen LogP contribution in [-0.4, -0.2) is 76.1 Å². The molecular weight excluding hydrogens is 354 g/mol. The molecule has 7 nitrogen and oxygen atoms in total. The molecule has 0 aliphatic carbocycles. The molecule has 7 heteroatoms. The molecule has 0 N–H and O–H groups in total. The first-order valence-corrected chi connectivity index (χ1v) is 10.5. The number of hydrogen-bond acceptors (Lipinski definition) is 5. The number of para-hydroxylation sites is 1. The summed E-state index contributed by atoms with van der Waals surface area (Å²) < 4.78 is 7.73. The Morgan fingerprint density at radius 2 is 2.07 bits per heavy atom. The molecule has 152 valence electrons. The van der Waals surface area contributed by atoms with E-state index in [1.54, 1.807) is 0 Å². The van der Waals surface area contributed by atoms with Gasteiger partial charge in [-0.15, -0.1) is 5.10 Å². The first-order valence-electron chi connectivity index (χ1n) is 10.5. The Bertz CT molecular complexity index is 793. The highest BCUT2D eigenvalue weighted by Crippen LogP contribution is 2.24. The fourth-order valence-corrected chi connectivity index (χ4v) is 4.44. The molecule has 1 aromatic heterocycles. The molecule has 1 amide bonds. The van der Waals surface area contributed by atoms with Crippen molar-refractivity contribution in [2.24, 2.45) is 0 Å². The normalized spacial score (nSPS) is 22.6. The summed E-state index contributed by atoms with van der Waals surface area (Å²) in [4.78, 5) is 17.8. The van der Waals surface area contributed by atoms with Gasteiger partial charge in [0.25, 0.3) is 0 Å². The zero-order chi connectivity index (χ0) is 19.5. The lowest BCUT2D eigenvalue weighted by molar-refractivity contribution is -0.137. The van der Waals surface area contributed by atoms with Crippen molar-refractivity contribution in [3.63, 3.8) is 0 Å². The summed E-state index contributed by atoms with van der Waals surface area (Å²) in [6.45, 7) is 5.68. The summed E-state index contributed by atoms with van der Waals surface area (Å²) in [7, 11) is 2.15. The maximum atomic E-state index is 13.3. The van der Waals surface area contributed by atoms with E-state index < -0.39 is 0 Å². The smallest absolute Gasteiger partial charge is 0.225 e. The molecule has 1 aromatic carbocycles. The van der Waals surface area contributed by atoms with Gasteiger partial charge >= 0.3 is 0 Å². The minimum atomic E-state index is -0.0295. The lowest BCUT2D eigenvalue weighted by atomic mass is 10.0. The largest absolute Gasteiger partial charge is 0.376 e. The number of rotatable bonds is 6. The van der Waals surface area contributed by atoms with Crippen LogP contribution in [-0.2, 0) is 9.53 Å². The number of fused-ring (bicyclic) bond motifs is 1. The molecule has 2 fully saturated rings. The van der Waals surface area contributed by atoms with Crippen LogP contribution in [0, 0.1) is 0 Å². The highest BCUT2D eigenvalue weighted by Gasteiger charge is 2.31. The van der Waals surface area contributed by atoms with Crippen LogP contribution in [0.4, 0.5) is 0 Å². The average molecular weight is 386 g/mol. The minimum absolute atomic E-state index is 0.0295. The number of aromatic nitrogens is 3. The summed E-state index contributed by atoms with van der Waals surface area (Å²) in [6, 6.07) is 8.19. The van der Waals surface area contributed by atoms with E-state index in [1.165, 1.54) is 0 Å². The monoisotopic (exact) mass is 385 g/mol. The predicted molar refractivity (Wildman–Crippen MR) is 108 cm³/mol. The average Bonchev–Trinajstić information content (AvgIpc) is 3.36. The molecule has 0 bridgehead atoms. The van der Waals surface area contributed by atoms with Crippen molar-refractivity contribution in [3.8, 4) is 0 Å². The topological polar surface area (TPSA) is 63.5 Å². The highest BCUT2D eigenvalue weighted by atomic mass is 16.5. The number of hydrogen-bond donors (Lipinski definition) is 0. The molecule has 2 saturated heterocycles. The number of carbonyl (C=O) groups excluding carboxylic acids is 1. The summed E-state index contributed by atoms with van der Waals surface area (Å²) in [5, 5.41) is 8.53. The van der Waals surface area contributed by atoms with Gasteiger partial charge in [-0.1, -0.05) is 17.3 Å². The van der Waals surface area contributed by atoms with Crippen LogP contribution < -0.4 is 0 Å². The van der Waals surface area contributed by atoms with E-state index in [2.05, 4.69) is 34.1 Å². The van der Waals surface area contributed by atoms with E-state index in [1.807, 2.05) is 28.9 Å². The van der Waals surface area contributed by atoms with Crippen molar-refractivity contribution in [3.05, 3.63) is 24.3 Å². The Morgan fingerprint density at radius 3 is 2.82 bits per heavy atom. The molecule has 2 aliphatic heterocycles. The van der Waals surface area contributed by atoms with Gasteiger partial charge in [-0.2, -0.15) is 0 Å². The number of likely N-dealkylation sites (tertiary alicyclic amines) is 1. The second kappa shape index (κ2) is 8.57. The third-order valence-corrected chi connectivity index (χ3v) is 6.14. The molecule has 2 aromatic rings. The fraction of sp³-hybridized carbons (Fsp3) is 0.667.